The lowest BCUT2D eigenvalue weighted by Crippen LogP contribution is -2.42. The van der Waals surface area contributed by atoms with E-state index in [1.807, 2.05) is 20.8 Å². The predicted molar refractivity (Wildman–Crippen MR) is 70.5 cm³/mol. The molecule has 20 heavy (non-hydrogen) atoms. The van der Waals surface area contributed by atoms with Crippen LogP contribution in [0.3, 0.4) is 0 Å². The van der Waals surface area contributed by atoms with Gasteiger partial charge in [0.2, 0.25) is 0 Å². The molecule has 0 spiro atoms. The molecule has 0 saturated carbocycles. The summed E-state index contributed by atoms with van der Waals surface area (Å²) in [6.45, 7) is 8.13. The molecule has 3 atom stereocenters. The number of aliphatic hydroxyl groups is 1. The van der Waals surface area contributed by atoms with Crippen molar-refractivity contribution in [3.05, 3.63) is 17.0 Å². The number of aromatic carboxylic acids is 1. The Balaban J connectivity index is 2.41. The Hall–Kier alpha value is -1.40. The van der Waals surface area contributed by atoms with E-state index in [2.05, 4.69) is 5.16 Å². The summed E-state index contributed by atoms with van der Waals surface area (Å²) in [5.41, 5.74) is 0.162. The van der Waals surface area contributed by atoms with Crippen molar-refractivity contribution in [2.45, 2.75) is 46.3 Å². The molecule has 1 aliphatic rings. The number of carboxylic acid groups (broad SMARTS) is 1. The molecule has 1 fully saturated rings. The largest absolute Gasteiger partial charge is 0.476 e. The minimum atomic E-state index is -1.12. The molecule has 1 saturated heterocycles. The molecule has 1 aliphatic heterocycles. The van der Waals surface area contributed by atoms with Crippen LogP contribution >= 0.6 is 0 Å². The predicted octanol–water partition coefficient (Wildman–Crippen LogP) is 2.17. The maximum absolute atomic E-state index is 11.0. The number of aliphatic hydroxyl groups excluding tert-OH is 1. The van der Waals surface area contributed by atoms with Gasteiger partial charge in [0.1, 0.15) is 6.10 Å². The van der Waals surface area contributed by atoms with Crippen molar-refractivity contribution in [3.63, 3.8) is 0 Å². The lowest BCUT2D eigenvalue weighted by Gasteiger charge is -2.42. The molecule has 3 unspecified atom stereocenters. The first-order chi connectivity index (χ1) is 9.23. The van der Waals surface area contributed by atoms with Crippen LogP contribution < -0.4 is 0 Å². The Kier molecular flexibility index (Phi) is 3.88. The van der Waals surface area contributed by atoms with Crippen molar-refractivity contribution in [2.24, 2.45) is 11.3 Å². The number of carbonyl (C=O) groups is 1. The second-order valence-corrected chi connectivity index (χ2v) is 6.36. The Morgan fingerprint density at radius 2 is 2.05 bits per heavy atom. The van der Waals surface area contributed by atoms with E-state index >= 15 is 0 Å². The smallest absolute Gasteiger partial charge is 0.358 e. The van der Waals surface area contributed by atoms with Crippen LogP contribution in [0.1, 0.15) is 55.1 Å². The number of hydrogen-bond acceptors (Lipinski definition) is 5. The average molecular weight is 283 g/mol. The van der Waals surface area contributed by atoms with Gasteiger partial charge >= 0.3 is 5.97 Å². The number of nitrogens with zero attached hydrogens (tertiary/aromatic N) is 1. The van der Waals surface area contributed by atoms with Crippen molar-refractivity contribution in [1.82, 2.24) is 5.16 Å². The molecule has 2 rings (SSSR count). The summed E-state index contributed by atoms with van der Waals surface area (Å²) < 4.78 is 11.0. The number of rotatable bonds is 2. The number of hydrogen-bond donors (Lipinski definition) is 2. The van der Waals surface area contributed by atoms with Crippen LogP contribution in [-0.2, 0) is 4.74 Å². The third-order valence-electron chi connectivity index (χ3n) is 3.87. The van der Waals surface area contributed by atoms with Crippen molar-refractivity contribution >= 4 is 5.97 Å². The Labute approximate surface area is 117 Å². The summed E-state index contributed by atoms with van der Waals surface area (Å²) in [7, 11) is 0. The van der Waals surface area contributed by atoms with Gasteiger partial charge in [-0.1, -0.05) is 25.9 Å². The summed E-state index contributed by atoms with van der Waals surface area (Å²) in [6.07, 6.45) is -0.414. The fraction of sp³-hybridized carbons (Fsp3) is 0.714. The summed E-state index contributed by atoms with van der Waals surface area (Å²) >= 11 is 0. The van der Waals surface area contributed by atoms with Crippen molar-refractivity contribution < 1.29 is 24.3 Å². The maximum Gasteiger partial charge on any atom is 0.358 e. The zero-order valence-electron chi connectivity index (χ0n) is 12.2. The van der Waals surface area contributed by atoms with Crippen LogP contribution in [0.25, 0.3) is 0 Å². The first-order valence-electron chi connectivity index (χ1n) is 6.72. The third kappa shape index (κ3) is 2.58. The maximum atomic E-state index is 11.0. The summed E-state index contributed by atoms with van der Waals surface area (Å²) in [6, 6.07) is 0. The molecule has 1 aromatic heterocycles. The van der Waals surface area contributed by atoms with E-state index in [0.717, 1.165) is 0 Å². The summed E-state index contributed by atoms with van der Waals surface area (Å²) in [5, 5.41) is 22.9. The van der Waals surface area contributed by atoms with Crippen LogP contribution in [0.2, 0.25) is 0 Å². The van der Waals surface area contributed by atoms with Crippen LogP contribution in [0.5, 0.6) is 0 Å². The van der Waals surface area contributed by atoms with E-state index in [1.165, 1.54) is 0 Å². The van der Waals surface area contributed by atoms with Gasteiger partial charge in [-0.15, -0.1) is 0 Å². The topological polar surface area (TPSA) is 92.8 Å². The second-order valence-electron chi connectivity index (χ2n) is 6.36. The highest BCUT2D eigenvalue weighted by atomic mass is 16.5. The Bertz CT molecular complexity index is 502. The fourth-order valence-electron chi connectivity index (χ4n) is 2.88. The first kappa shape index (κ1) is 15.0. The zero-order chi connectivity index (χ0) is 15.1. The molecule has 0 radical (unpaired) electrons. The van der Waals surface area contributed by atoms with Crippen molar-refractivity contribution in [3.8, 4) is 0 Å². The molecule has 6 heteroatoms. The van der Waals surface area contributed by atoms with Gasteiger partial charge in [0.25, 0.3) is 0 Å². The molecule has 0 aromatic carbocycles. The standard InChI is InChI=1S/C14H21NO5/c1-7-10(13(17)18)15-20-11(7)12-9(14(2,3)4)8(16)5-6-19-12/h8-9,12,16H,5-6H2,1-4H3,(H,17,18). The quantitative estimate of drug-likeness (QED) is 0.864. The highest BCUT2D eigenvalue weighted by Gasteiger charge is 2.44. The Morgan fingerprint density at radius 1 is 1.40 bits per heavy atom. The summed E-state index contributed by atoms with van der Waals surface area (Å²) in [4.78, 5) is 11.0. The Morgan fingerprint density at radius 3 is 2.55 bits per heavy atom. The fourth-order valence-corrected chi connectivity index (χ4v) is 2.88. The van der Waals surface area contributed by atoms with Gasteiger partial charge in [0, 0.05) is 11.5 Å². The SMILES string of the molecule is Cc1c(C(=O)O)noc1C1OCCC(O)C1C(C)(C)C. The molecule has 112 valence electrons. The van der Waals surface area contributed by atoms with E-state index in [1.54, 1.807) is 6.92 Å². The number of ether oxygens (including phenoxy) is 1. The molecule has 0 bridgehead atoms. The zero-order valence-corrected chi connectivity index (χ0v) is 12.2. The summed E-state index contributed by atoms with van der Waals surface area (Å²) in [5.74, 6) is -0.896. The van der Waals surface area contributed by atoms with Gasteiger partial charge in [-0.2, -0.15) is 0 Å². The molecule has 0 aliphatic carbocycles. The van der Waals surface area contributed by atoms with Gasteiger partial charge in [-0.25, -0.2) is 4.79 Å². The van der Waals surface area contributed by atoms with Crippen LogP contribution in [0.15, 0.2) is 4.52 Å². The van der Waals surface area contributed by atoms with Crippen LogP contribution in [-0.4, -0.2) is 34.0 Å². The van der Waals surface area contributed by atoms with Gasteiger partial charge in [-0.3, -0.25) is 0 Å². The highest BCUT2D eigenvalue weighted by Crippen LogP contribution is 2.45. The minimum absolute atomic E-state index is 0.101. The molecule has 1 aromatic rings. The van der Waals surface area contributed by atoms with E-state index in [0.29, 0.717) is 24.4 Å². The normalized spacial score (nSPS) is 27.6. The van der Waals surface area contributed by atoms with E-state index in [4.69, 9.17) is 14.4 Å². The van der Waals surface area contributed by atoms with Gasteiger partial charge < -0.3 is 19.5 Å². The van der Waals surface area contributed by atoms with E-state index < -0.39 is 18.2 Å². The van der Waals surface area contributed by atoms with E-state index in [9.17, 15) is 9.90 Å². The molecule has 0 amide bonds. The molecule has 2 N–H and O–H groups in total. The lowest BCUT2D eigenvalue weighted by atomic mass is 9.71. The number of aromatic nitrogens is 1. The molecule has 2 heterocycles. The first-order valence-corrected chi connectivity index (χ1v) is 6.72. The average Bonchev–Trinajstić information content (AvgIpc) is 2.69. The van der Waals surface area contributed by atoms with Gasteiger partial charge in [-0.05, 0) is 18.8 Å². The van der Waals surface area contributed by atoms with Crippen molar-refractivity contribution in [2.75, 3.05) is 6.61 Å². The van der Waals surface area contributed by atoms with Gasteiger partial charge in [0.15, 0.2) is 11.5 Å². The third-order valence-corrected chi connectivity index (χ3v) is 3.87. The molecule has 6 nitrogen and oxygen atoms in total. The second kappa shape index (κ2) is 5.18. The van der Waals surface area contributed by atoms with Gasteiger partial charge in [0.05, 0.1) is 12.7 Å². The monoisotopic (exact) mass is 283 g/mol. The molecular weight excluding hydrogens is 262 g/mol. The highest BCUT2D eigenvalue weighted by molar-refractivity contribution is 5.87. The van der Waals surface area contributed by atoms with Crippen LogP contribution in [0, 0.1) is 18.3 Å². The van der Waals surface area contributed by atoms with Crippen molar-refractivity contribution in [1.29, 1.82) is 0 Å². The number of carboxylic acids is 1. The lowest BCUT2D eigenvalue weighted by molar-refractivity contribution is -0.138. The minimum Gasteiger partial charge on any atom is -0.476 e. The molecular formula is C14H21NO5. The van der Waals surface area contributed by atoms with E-state index in [-0.39, 0.29) is 17.0 Å². The van der Waals surface area contributed by atoms with Crippen LogP contribution in [0.4, 0.5) is 0 Å².